The van der Waals surface area contributed by atoms with E-state index in [1.165, 1.54) is 18.5 Å². The van der Waals surface area contributed by atoms with Crippen LogP contribution < -0.4 is 14.8 Å². The van der Waals surface area contributed by atoms with Crippen molar-refractivity contribution < 1.29 is 32.2 Å². The van der Waals surface area contributed by atoms with E-state index >= 15 is 0 Å². The van der Waals surface area contributed by atoms with E-state index in [9.17, 15) is 18.0 Å². The maximum atomic E-state index is 13.2. The highest BCUT2D eigenvalue weighted by Crippen LogP contribution is 2.42. The zero-order valence-corrected chi connectivity index (χ0v) is 18.3. The molecule has 0 aliphatic carbocycles. The molecule has 1 aromatic rings. The number of esters is 1. The number of nitrogens with one attached hydrogen (secondary N) is 1. The first-order valence-corrected chi connectivity index (χ1v) is 11.2. The van der Waals surface area contributed by atoms with E-state index in [-0.39, 0.29) is 42.8 Å². The van der Waals surface area contributed by atoms with Crippen molar-refractivity contribution in [3.05, 3.63) is 29.3 Å². The highest BCUT2D eigenvalue weighted by molar-refractivity contribution is 7.89. The van der Waals surface area contributed by atoms with Gasteiger partial charge in [-0.2, -0.15) is 0 Å². The quantitative estimate of drug-likeness (QED) is 0.673. The minimum absolute atomic E-state index is 0.00235. The maximum Gasteiger partial charge on any atom is 0.335 e. The van der Waals surface area contributed by atoms with Crippen LogP contribution in [0.1, 0.15) is 26.7 Å². The van der Waals surface area contributed by atoms with Crippen molar-refractivity contribution in [2.75, 3.05) is 38.4 Å². The first-order chi connectivity index (χ1) is 14.2. The predicted octanol–water partition coefficient (Wildman–Crippen LogP) is 1.70. The van der Waals surface area contributed by atoms with Crippen molar-refractivity contribution in [2.45, 2.75) is 32.3 Å². The van der Waals surface area contributed by atoms with E-state index in [1.54, 1.807) is 32.0 Å². The zero-order chi connectivity index (χ0) is 22.1. The molecule has 0 atom stereocenters. The van der Waals surface area contributed by atoms with Crippen molar-refractivity contribution in [1.29, 1.82) is 0 Å². The van der Waals surface area contributed by atoms with Crippen molar-refractivity contribution in [3.63, 3.8) is 0 Å². The molecule has 1 spiro atoms. The van der Waals surface area contributed by atoms with Gasteiger partial charge in [-0.3, -0.25) is 4.79 Å². The van der Waals surface area contributed by atoms with Gasteiger partial charge in [-0.1, -0.05) is 0 Å². The van der Waals surface area contributed by atoms with Crippen LogP contribution in [-0.2, 0) is 24.3 Å². The summed E-state index contributed by atoms with van der Waals surface area (Å²) in [5, 5.41) is 2.79. The Labute approximate surface area is 176 Å². The molecule has 1 fully saturated rings. The van der Waals surface area contributed by atoms with E-state index in [1.807, 2.05) is 0 Å². The Kier molecular flexibility index (Phi) is 6.09. The third-order valence-corrected chi connectivity index (χ3v) is 7.48. The van der Waals surface area contributed by atoms with Gasteiger partial charge in [0.15, 0.2) is 0 Å². The van der Waals surface area contributed by atoms with Crippen molar-refractivity contribution in [1.82, 2.24) is 4.31 Å². The summed E-state index contributed by atoms with van der Waals surface area (Å²) in [5.74, 6) is -0.0902. The molecular formula is C20H26N2O7S. The van der Waals surface area contributed by atoms with Crippen LogP contribution in [0.15, 0.2) is 29.3 Å². The van der Waals surface area contributed by atoms with E-state index in [4.69, 9.17) is 14.2 Å². The molecule has 164 valence electrons. The van der Waals surface area contributed by atoms with Gasteiger partial charge in [-0.25, -0.2) is 17.5 Å². The largest absolute Gasteiger partial charge is 0.497 e. The number of hydrogen-bond donors (Lipinski definition) is 1. The Morgan fingerprint density at radius 3 is 2.47 bits per heavy atom. The Hall–Kier alpha value is -2.59. The van der Waals surface area contributed by atoms with E-state index in [0.29, 0.717) is 17.2 Å². The van der Waals surface area contributed by atoms with E-state index in [0.717, 1.165) is 0 Å². The molecule has 0 unspecified atom stereocenters. The molecule has 0 radical (unpaired) electrons. The molecule has 2 aliphatic rings. The number of carbonyl (C=O) groups is 2. The lowest BCUT2D eigenvalue weighted by molar-refractivity contribution is -0.149. The number of sulfonamides is 1. The van der Waals surface area contributed by atoms with Crippen LogP contribution in [0, 0.1) is 0 Å². The average Bonchev–Trinajstić information content (AvgIpc) is 2.97. The fourth-order valence-electron chi connectivity index (χ4n) is 3.88. The summed E-state index contributed by atoms with van der Waals surface area (Å²) in [6.07, 6.45) is 0.431. The number of hydrogen-bond acceptors (Lipinski definition) is 7. The number of methoxy groups -OCH3 is 2. The summed E-state index contributed by atoms with van der Waals surface area (Å²) >= 11 is 0. The van der Waals surface area contributed by atoms with Crippen LogP contribution in [0.3, 0.4) is 0 Å². The summed E-state index contributed by atoms with van der Waals surface area (Å²) in [6.45, 7) is 3.48. The second kappa shape index (κ2) is 8.27. The second-order valence-corrected chi connectivity index (χ2v) is 9.46. The Morgan fingerprint density at radius 1 is 1.23 bits per heavy atom. The molecule has 0 aromatic heterocycles. The fourth-order valence-corrected chi connectivity index (χ4v) is 4.99. The van der Waals surface area contributed by atoms with Gasteiger partial charge in [-0.05, 0) is 26.0 Å². The molecule has 9 nitrogen and oxygen atoms in total. The monoisotopic (exact) mass is 438 g/mol. The highest BCUT2D eigenvalue weighted by atomic mass is 32.2. The van der Waals surface area contributed by atoms with Crippen molar-refractivity contribution >= 4 is 27.6 Å². The SMILES string of the molecule is CCS(=O)(=O)N1CCC2(CC1)OC(=O)C(C)=C2C(=O)Nc1cc(OC)ccc1OC. The van der Waals surface area contributed by atoms with Gasteiger partial charge >= 0.3 is 5.97 Å². The number of ether oxygens (including phenoxy) is 3. The molecule has 3 rings (SSSR count). The lowest BCUT2D eigenvalue weighted by Gasteiger charge is -2.38. The van der Waals surface area contributed by atoms with Gasteiger partial charge in [0, 0.05) is 37.6 Å². The Balaban J connectivity index is 1.88. The number of rotatable bonds is 6. The van der Waals surface area contributed by atoms with Gasteiger partial charge < -0.3 is 19.5 Å². The topological polar surface area (TPSA) is 111 Å². The molecule has 10 heteroatoms. The summed E-state index contributed by atoms with van der Waals surface area (Å²) in [7, 11) is -0.359. The van der Waals surface area contributed by atoms with Gasteiger partial charge in [0.2, 0.25) is 10.0 Å². The summed E-state index contributed by atoms with van der Waals surface area (Å²) in [5.41, 5.74) is -0.299. The lowest BCUT2D eigenvalue weighted by Crippen LogP contribution is -2.49. The van der Waals surface area contributed by atoms with Crippen LogP contribution in [-0.4, -0.2) is 63.3 Å². The van der Waals surface area contributed by atoms with Crippen molar-refractivity contribution in [2.24, 2.45) is 0 Å². The zero-order valence-electron chi connectivity index (χ0n) is 17.5. The van der Waals surface area contributed by atoms with Crippen LogP contribution in [0.5, 0.6) is 11.5 Å². The number of benzene rings is 1. The van der Waals surface area contributed by atoms with Crippen LogP contribution in [0.25, 0.3) is 0 Å². The lowest BCUT2D eigenvalue weighted by atomic mass is 9.83. The number of nitrogens with zero attached hydrogens (tertiary/aromatic N) is 1. The Morgan fingerprint density at radius 2 is 1.90 bits per heavy atom. The molecule has 2 heterocycles. The third kappa shape index (κ3) is 3.89. The van der Waals surface area contributed by atoms with Crippen LogP contribution in [0.4, 0.5) is 5.69 Å². The molecule has 2 aliphatic heterocycles. The maximum absolute atomic E-state index is 13.2. The summed E-state index contributed by atoms with van der Waals surface area (Å²) in [6, 6.07) is 4.98. The van der Waals surface area contributed by atoms with E-state index in [2.05, 4.69) is 5.32 Å². The molecule has 1 saturated heterocycles. The van der Waals surface area contributed by atoms with E-state index < -0.39 is 27.5 Å². The molecular weight excluding hydrogens is 412 g/mol. The van der Waals surface area contributed by atoms with Gasteiger partial charge in [0.1, 0.15) is 17.1 Å². The van der Waals surface area contributed by atoms with Crippen LogP contribution in [0.2, 0.25) is 0 Å². The van der Waals surface area contributed by atoms with Crippen LogP contribution >= 0.6 is 0 Å². The minimum Gasteiger partial charge on any atom is -0.497 e. The third-order valence-electron chi connectivity index (χ3n) is 5.60. The average molecular weight is 439 g/mol. The smallest absolute Gasteiger partial charge is 0.335 e. The second-order valence-electron chi connectivity index (χ2n) is 7.20. The molecule has 0 saturated carbocycles. The number of carbonyl (C=O) groups excluding carboxylic acids is 2. The molecule has 1 N–H and O–H groups in total. The molecule has 1 amide bonds. The van der Waals surface area contributed by atoms with Gasteiger partial charge in [0.05, 0.1) is 31.2 Å². The Bertz CT molecular complexity index is 992. The highest BCUT2D eigenvalue weighted by Gasteiger charge is 2.51. The van der Waals surface area contributed by atoms with Gasteiger partial charge in [0.25, 0.3) is 5.91 Å². The fraction of sp³-hybridized carbons (Fsp3) is 0.500. The predicted molar refractivity (Wildman–Crippen MR) is 110 cm³/mol. The standard InChI is InChI=1S/C20H26N2O7S/c1-5-30(25,26)22-10-8-20(9-11-22)17(13(2)19(24)29-20)18(23)21-15-12-14(27-3)6-7-16(15)28-4/h6-7,12H,5,8-11H2,1-4H3,(H,21,23). The molecule has 1 aromatic carbocycles. The minimum atomic E-state index is -3.35. The van der Waals surface area contributed by atoms with Crippen molar-refractivity contribution in [3.8, 4) is 11.5 Å². The summed E-state index contributed by atoms with van der Waals surface area (Å²) in [4.78, 5) is 25.6. The molecule has 0 bridgehead atoms. The number of anilines is 1. The molecule has 30 heavy (non-hydrogen) atoms. The van der Waals surface area contributed by atoms with Gasteiger partial charge in [-0.15, -0.1) is 0 Å². The normalized spacial score (nSPS) is 19.0. The number of piperidine rings is 1. The first-order valence-electron chi connectivity index (χ1n) is 9.63. The summed E-state index contributed by atoms with van der Waals surface area (Å²) < 4.78 is 41.8. The first kappa shape index (κ1) is 22.1. The number of amides is 1.